The number of amides is 2. The summed E-state index contributed by atoms with van der Waals surface area (Å²) in [4.78, 5) is 50.9. The molecule has 204 valence electrons. The Morgan fingerprint density at radius 2 is 1.77 bits per heavy atom. The van der Waals surface area contributed by atoms with Gasteiger partial charge in [0.15, 0.2) is 0 Å². The first kappa shape index (κ1) is 27.2. The van der Waals surface area contributed by atoms with Gasteiger partial charge >= 0.3 is 5.97 Å². The number of carbonyl (C=O) groups is 3. The molecule has 40 heavy (non-hydrogen) atoms. The van der Waals surface area contributed by atoms with E-state index in [1.807, 2.05) is 61.5 Å². The molecule has 10 heteroatoms. The molecular formula is C30H29N5O4S. The Kier molecular flexibility index (Phi) is 7.72. The van der Waals surface area contributed by atoms with E-state index in [1.165, 1.54) is 7.11 Å². The number of thiazole rings is 1. The number of methoxy groups -OCH3 is 1. The number of nitrogens with zero attached hydrogens (tertiary/aromatic N) is 4. The summed E-state index contributed by atoms with van der Waals surface area (Å²) in [5.74, 6) is -1.46. The topological polar surface area (TPSA) is 104 Å². The number of ether oxygens (including phenoxy) is 1. The first-order valence-corrected chi connectivity index (χ1v) is 13.6. The van der Waals surface area contributed by atoms with Crippen LogP contribution in [0.25, 0.3) is 10.2 Å². The summed E-state index contributed by atoms with van der Waals surface area (Å²) in [6.07, 6.45) is 0. The van der Waals surface area contributed by atoms with E-state index in [0.717, 1.165) is 33.6 Å². The molecule has 0 saturated carbocycles. The maximum absolute atomic E-state index is 13.4. The SMILES string of the molecule is COC(=O)c1ccc2c(c1)NC(=O)C2C(=Nc1ccc(N(CCN(C)C)C(C)=O)cc1)c1ccc2scnc2c1. The quantitative estimate of drug-likeness (QED) is 0.246. The van der Waals surface area contributed by atoms with Gasteiger partial charge in [-0.1, -0.05) is 12.1 Å². The minimum absolute atomic E-state index is 0.0408. The minimum atomic E-state index is -0.703. The van der Waals surface area contributed by atoms with E-state index in [9.17, 15) is 14.4 Å². The zero-order chi connectivity index (χ0) is 28.4. The first-order chi connectivity index (χ1) is 19.2. The summed E-state index contributed by atoms with van der Waals surface area (Å²) in [6, 6.07) is 18.3. The molecule has 1 aliphatic rings. The van der Waals surface area contributed by atoms with E-state index in [4.69, 9.17) is 9.73 Å². The zero-order valence-corrected chi connectivity index (χ0v) is 23.5. The lowest BCUT2D eigenvalue weighted by atomic mass is 9.90. The normalized spacial score (nSPS) is 14.8. The Morgan fingerprint density at radius 1 is 1.02 bits per heavy atom. The van der Waals surface area contributed by atoms with Gasteiger partial charge in [0.25, 0.3) is 0 Å². The number of likely N-dealkylation sites (N-methyl/N-ethyl adjacent to an activating group) is 1. The molecule has 0 saturated heterocycles. The second-order valence-corrected chi connectivity index (χ2v) is 10.6. The maximum Gasteiger partial charge on any atom is 0.337 e. The lowest BCUT2D eigenvalue weighted by molar-refractivity contribution is -0.117. The van der Waals surface area contributed by atoms with Gasteiger partial charge in [-0.25, -0.2) is 9.78 Å². The Labute approximate surface area is 236 Å². The van der Waals surface area contributed by atoms with Gasteiger partial charge in [-0.05, 0) is 73.8 Å². The molecule has 5 rings (SSSR count). The molecule has 4 aromatic rings. The van der Waals surface area contributed by atoms with Crippen molar-refractivity contribution >= 4 is 62.1 Å². The number of aromatic nitrogens is 1. The van der Waals surface area contributed by atoms with Crippen LogP contribution in [-0.2, 0) is 14.3 Å². The van der Waals surface area contributed by atoms with Gasteiger partial charge in [0.1, 0.15) is 5.92 Å². The number of fused-ring (bicyclic) bond motifs is 2. The van der Waals surface area contributed by atoms with E-state index in [2.05, 4.69) is 10.3 Å². The molecule has 2 heterocycles. The molecule has 1 unspecified atom stereocenters. The Morgan fingerprint density at radius 3 is 2.48 bits per heavy atom. The van der Waals surface area contributed by atoms with Crippen molar-refractivity contribution in [2.24, 2.45) is 4.99 Å². The van der Waals surface area contributed by atoms with Crippen molar-refractivity contribution in [2.75, 3.05) is 44.5 Å². The van der Waals surface area contributed by atoms with Crippen LogP contribution in [0.15, 0.2) is 71.2 Å². The molecule has 1 aliphatic heterocycles. The predicted molar refractivity (Wildman–Crippen MR) is 158 cm³/mol. The van der Waals surface area contributed by atoms with E-state index in [1.54, 1.807) is 46.9 Å². The summed E-state index contributed by atoms with van der Waals surface area (Å²) in [5.41, 5.74) is 6.97. The highest BCUT2D eigenvalue weighted by molar-refractivity contribution is 7.16. The van der Waals surface area contributed by atoms with Crippen LogP contribution >= 0.6 is 11.3 Å². The van der Waals surface area contributed by atoms with Crippen molar-refractivity contribution in [3.63, 3.8) is 0 Å². The van der Waals surface area contributed by atoms with Gasteiger partial charge in [0, 0.05) is 31.4 Å². The Balaban J connectivity index is 1.57. The summed E-state index contributed by atoms with van der Waals surface area (Å²) in [7, 11) is 5.25. The van der Waals surface area contributed by atoms with Crippen molar-refractivity contribution in [1.82, 2.24) is 9.88 Å². The summed E-state index contributed by atoms with van der Waals surface area (Å²) in [5, 5.41) is 2.91. The number of aliphatic imine (C=N–C) groups is 1. The molecule has 0 radical (unpaired) electrons. The zero-order valence-electron chi connectivity index (χ0n) is 22.7. The third-order valence-electron chi connectivity index (χ3n) is 6.77. The van der Waals surface area contributed by atoms with Crippen LogP contribution in [0.3, 0.4) is 0 Å². The second-order valence-electron chi connectivity index (χ2n) is 9.74. The van der Waals surface area contributed by atoms with Crippen LogP contribution in [0.2, 0.25) is 0 Å². The molecule has 0 aliphatic carbocycles. The number of hydrogen-bond donors (Lipinski definition) is 1. The standard InChI is InChI=1S/C30H29N5O4S/c1-18(36)35(14-13-34(2)3)22-9-7-21(8-10-22)32-28(19-6-12-26-25(15-19)31-17-40-26)27-23-11-5-20(30(38)39-4)16-24(23)33-29(27)37/h5-12,15-17,27H,13-14H2,1-4H3,(H,33,37). The molecule has 0 spiro atoms. The van der Waals surface area contributed by atoms with Gasteiger partial charge in [-0.2, -0.15) is 0 Å². The number of nitrogens with one attached hydrogen (secondary N) is 1. The van der Waals surface area contributed by atoms with Crippen molar-refractivity contribution in [3.8, 4) is 0 Å². The van der Waals surface area contributed by atoms with Crippen LogP contribution in [0.1, 0.15) is 34.3 Å². The molecule has 1 N–H and O–H groups in total. The molecule has 2 amide bonds. The first-order valence-electron chi connectivity index (χ1n) is 12.7. The number of anilines is 2. The molecule has 0 fully saturated rings. The van der Waals surface area contributed by atoms with Gasteiger partial charge < -0.3 is 19.9 Å². The summed E-state index contributed by atoms with van der Waals surface area (Å²) >= 11 is 1.54. The van der Waals surface area contributed by atoms with Gasteiger partial charge in [0.2, 0.25) is 11.8 Å². The number of rotatable bonds is 8. The molecule has 1 aromatic heterocycles. The average molecular weight is 556 g/mol. The maximum atomic E-state index is 13.4. The van der Waals surface area contributed by atoms with Crippen LogP contribution in [-0.4, -0.2) is 67.7 Å². The Hall–Kier alpha value is -4.41. The van der Waals surface area contributed by atoms with Crippen molar-refractivity contribution < 1.29 is 19.1 Å². The van der Waals surface area contributed by atoms with E-state index >= 15 is 0 Å². The molecule has 9 nitrogen and oxygen atoms in total. The Bertz CT molecular complexity index is 1630. The fourth-order valence-corrected chi connectivity index (χ4v) is 5.36. The highest BCUT2D eigenvalue weighted by Crippen LogP contribution is 2.38. The second kappa shape index (κ2) is 11.4. The fraction of sp³-hybridized carbons (Fsp3) is 0.233. The van der Waals surface area contributed by atoms with Gasteiger partial charge in [0.05, 0.1) is 39.8 Å². The van der Waals surface area contributed by atoms with E-state index in [-0.39, 0.29) is 11.8 Å². The van der Waals surface area contributed by atoms with Crippen LogP contribution in [0, 0.1) is 0 Å². The lowest BCUT2D eigenvalue weighted by Crippen LogP contribution is -2.35. The number of hydrogen-bond acceptors (Lipinski definition) is 8. The van der Waals surface area contributed by atoms with Crippen molar-refractivity contribution in [2.45, 2.75) is 12.8 Å². The highest BCUT2D eigenvalue weighted by Gasteiger charge is 2.36. The summed E-state index contributed by atoms with van der Waals surface area (Å²) < 4.78 is 5.87. The fourth-order valence-electron chi connectivity index (χ4n) is 4.71. The summed E-state index contributed by atoms with van der Waals surface area (Å²) in [6.45, 7) is 2.85. The van der Waals surface area contributed by atoms with Gasteiger partial charge in [-0.15, -0.1) is 11.3 Å². The van der Waals surface area contributed by atoms with Crippen molar-refractivity contribution in [1.29, 1.82) is 0 Å². The highest BCUT2D eigenvalue weighted by atomic mass is 32.1. The van der Waals surface area contributed by atoms with Crippen LogP contribution < -0.4 is 10.2 Å². The average Bonchev–Trinajstić information content (AvgIpc) is 3.54. The third kappa shape index (κ3) is 5.49. The number of benzene rings is 3. The van der Waals surface area contributed by atoms with Crippen LogP contribution in [0.5, 0.6) is 0 Å². The van der Waals surface area contributed by atoms with Crippen molar-refractivity contribution in [3.05, 3.63) is 82.9 Å². The van der Waals surface area contributed by atoms with E-state index in [0.29, 0.717) is 29.2 Å². The molecular weight excluding hydrogens is 526 g/mol. The smallest absolute Gasteiger partial charge is 0.337 e. The van der Waals surface area contributed by atoms with Gasteiger partial charge in [-0.3, -0.25) is 14.6 Å². The largest absolute Gasteiger partial charge is 0.465 e. The number of esters is 1. The predicted octanol–water partition coefficient (Wildman–Crippen LogP) is 4.85. The number of carbonyl (C=O) groups excluding carboxylic acids is 3. The molecule has 1 atom stereocenters. The molecule has 0 bridgehead atoms. The molecule has 3 aromatic carbocycles. The minimum Gasteiger partial charge on any atom is -0.465 e. The lowest BCUT2D eigenvalue weighted by Gasteiger charge is -2.23. The monoisotopic (exact) mass is 555 g/mol. The van der Waals surface area contributed by atoms with E-state index < -0.39 is 11.9 Å². The third-order valence-corrected chi connectivity index (χ3v) is 7.58. The van der Waals surface area contributed by atoms with Crippen LogP contribution in [0.4, 0.5) is 17.1 Å².